The van der Waals surface area contributed by atoms with Crippen molar-refractivity contribution in [1.29, 1.82) is 0 Å². The second-order valence-corrected chi connectivity index (χ2v) is 3.38. The molecule has 1 heterocycles. The molecule has 1 atom stereocenters. The summed E-state index contributed by atoms with van der Waals surface area (Å²) in [7, 11) is 1.50. The summed E-state index contributed by atoms with van der Waals surface area (Å²) in [6.07, 6.45) is 1.40. The Balaban J connectivity index is 3.00. The number of nitrogens with one attached hydrogen (secondary N) is 1. The zero-order valence-electron chi connectivity index (χ0n) is 7.92. The smallest absolute Gasteiger partial charge is 0.287 e. The highest BCUT2D eigenvalue weighted by Gasteiger charge is 2.09. The summed E-state index contributed by atoms with van der Waals surface area (Å²) in [4.78, 5) is 11.3. The minimum absolute atomic E-state index is 0.0304. The molecule has 0 spiro atoms. The first-order chi connectivity index (χ1) is 6.56. The summed E-state index contributed by atoms with van der Waals surface area (Å²) < 4.78 is 13.3. The quantitative estimate of drug-likeness (QED) is 0.831. The van der Waals surface area contributed by atoms with Gasteiger partial charge in [-0.3, -0.25) is 4.79 Å². The van der Waals surface area contributed by atoms with E-state index in [9.17, 15) is 9.18 Å². The van der Waals surface area contributed by atoms with Crippen molar-refractivity contribution in [1.82, 2.24) is 9.78 Å². The maximum atomic E-state index is 12.2. The normalized spacial score (nSPS) is 12.6. The van der Waals surface area contributed by atoms with E-state index >= 15 is 0 Å². The van der Waals surface area contributed by atoms with Gasteiger partial charge in [-0.25, -0.2) is 9.07 Å². The number of aryl methyl sites for hydroxylation is 1. The fourth-order valence-electron chi connectivity index (χ4n) is 0.915. The van der Waals surface area contributed by atoms with E-state index in [1.165, 1.54) is 13.2 Å². The Hall–Kier alpha value is -1.10. The van der Waals surface area contributed by atoms with Crippen molar-refractivity contribution < 1.29 is 4.39 Å². The summed E-state index contributed by atoms with van der Waals surface area (Å²) in [6.45, 7) is 1.11. The first-order valence-corrected chi connectivity index (χ1v) is 4.48. The number of nitrogens with zero attached hydrogens (tertiary/aromatic N) is 2. The molecule has 0 aliphatic rings. The summed E-state index contributed by atoms with van der Waals surface area (Å²) >= 11 is 5.74. The largest absolute Gasteiger partial charge is 0.377 e. The third-order valence-corrected chi connectivity index (χ3v) is 2.08. The van der Waals surface area contributed by atoms with Crippen molar-refractivity contribution in [3.8, 4) is 0 Å². The number of anilines is 1. The topological polar surface area (TPSA) is 46.9 Å². The average Bonchev–Trinajstić information content (AvgIpc) is 2.19. The molecule has 1 rings (SSSR count). The maximum Gasteiger partial charge on any atom is 0.287 e. The lowest BCUT2D eigenvalue weighted by Crippen LogP contribution is -2.24. The Labute approximate surface area is 85.7 Å². The molecule has 1 aromatic heterocycles. The van der Waals surface area contributed by atoms with E-state index in [0.29, 0.717) is 5.69 Å². The van der Waals surface area contributed by atoms with Gasteiger partial charge in [0.05, 0.1) is 17.9 Å². The molecule has 6 heteroatoms. The zero-order chi connectivity index (χ0) is 10.7. The lowest BCUT2D eigenvalue weighted by Gasteiger charge is -2.12. The number of rotatable bonds is 3. The third kappa shape index (κ3) is 2.23. The van der Waals surface area contributed by atoms with Crippen LogP contribution in [0, 0.1) is 0 Å². The van der Waals surface area contributed by atoms with Crippen LogP contribution in [0.5, 0.6) is 0 Å². The molecule has 78 valence electrons. The lowest BCUT2D eigenvalue weighted by atomic mass is 10.3. The predicted octanol–water partition coefficient (Wildman–Crippen LogP) is 1.20. The lowest BCUT2D eigenvalue weighted by molar-refractivity contribution is 0.460. The van der Waals surface area contributed by atoms with Crippen molar-refractivity contribution in [3.05, 3.63) is 21.6 Å². The molecular weight excluding hydrogens is 209 g/mol. The van der Waals surface area contributed by atoms with Gasteiger partial charge in [0.15, 0.2) is 0 Å². The fourth-order valence-corrected chi connectivity index (χ4v) is 1.14. The molecule has 1 aromatic rings. The van der Waals surface area contributed by atoms with Crippen LogP contribution in [0.3, 0.4) is 0 Å². The molecule has 0 amide bonds. The Morgan fingerprint density at radius 1 is 1.79 bits per heavy atom. The molecule has 0 aromatic carbocycles. The molecule has 14 heavy (non-hydrogen) atoms. The standard InChI is InChI=1S/C8H11ClFN3O/c1-5(3-10)12-6-4-11-13(2)8(14)7(6)9/h4-5,12H,3H2,1-2H3/t5-/m0/s1. The van der Waals surface area contributed by atoms with Crippen LogP contribution in [0.1, 0.15) is 6.92 Å². The van der Waals surface area contributed by atoms with Crippen LogP contribution in [0.2, 0.25) is 5.02 Å². The van der Waals surface area contributed by atoms with E-state index in [2.05, 4.69) is 10.4 Å². The van der Waals surface area contributed by atoms with Gasteiger partial charge in [-0.05, 0) is 6.92 Å². The second-order valence-electron chi connectivity index (χ2n) is 3.00. The Bertz CT molecular complexity index is 379. The van der Waals surface area contributed by atoms with Gasteiger partial charge < -0.3 is 5.32 Å². The van der Waals surface area contributed by atoms with E-state index in [1.54, 1.807) is 6.92 Å². The summed E-state index contributed by atoms with van der Waals surface area (Å²) in [5.74, 6) is 0. The van der Waals surface area contributed by atoms with Gasteiger partial charge in [-0.15, -0.1) is 0 Å². The van der Waals surface area contributed by atoms with Crippen LogP contribution in [0.25, 0.3) is 0 Å². The fraction of sp³-hybridized carbons (Fsp3) is 0.500. The Morgan fingerprint density at radius 2 is 2.43 bits per heavy atom. The monoisotopic (exact) mass is 219 g/mol. The average molecular weight is 220 g/mol. The summed E-state index contributed by atoms with van der Waals surface area (Å²) in [5, 5.41) is 6.54. The number of halogens is 2. The highest BCUT2D eigenvalue weighted by molar-refractivity contribution is 6.32. The van der Waals surface area contributed by atoms with Crippen LogP contribution in [-0.4, -0.2) is 22.5 Å². The SMILES string of the molecule is C[C@@H](CF)Nc1cnn(C)c(=O)c1Cl. The molecule has 0 fully saturated rings. The van der Waals surface area contributed by atoms with Crippen LogP contribution in [-0.2, 0) is 7.05 Å². The third-order valence-electron chi connectivity index (χ3n) is 1.71. The highest BCUT2D eigenvalue weighted by Crippen LogP contribution is 2.15. The number of hydrogen-bond acceptors (Lipinski definition) is 3. The van der Waals surface area contributed by atoms with E-state index in [-0.39, 0.29) is 11.1 Å². The molecule has 0 bridgehead atoms. The van der Waals surface area contributed by atoms with Gasteiger partial charge in [0.2, 0.25) is 0 Å². The van der Waals surface area contributed by atoms with Crippen molar-refractivity contribution in [3.63, 3.8) is 0 Å². The molecule has 4 nitrogen and oxygen atoms in total. The molecular formula is C8H11ClFN3O. The van der Waals surface area contributed by atoms with Gasteiger partial charge in [0, 0.05) is 7.05 Å². The first-order valence-electron chi connectivity index (χ1n) is 4.10. The van der Waals surface area contributed by atoms with Gasteiger partial charge in [-0.1, -0.05) is 11.6 Å². The van der Waals surface area contributed by atoms with Crippen LogP contribution < -0.4 is 10.9 Å². The number of aromatic nitrogens is 2. The van der Waals surface area contributed by atoms with Crippen LogP contribution in [0.15, 0.2) is 11.0 Å². The van der Waals surface area contributed by atoms with Gasteiger partial charge in [0.25, 0.3) is 5.56 Å². The van der Waals surface area contributed by atoms with Crippen LogP contribution in [0.4, 0.5) is 10.1 Å². The van der Waals surface area contributed by atoms with Gasteiger partial charge >= 0.3 is 0 Å². The molecule has 0 saturated carbocycles. The van der Waals surface area contributed by atoms with Crippen molar-refractivity contribution in [2.75, 3.05) is 12.0 Å². The Kier molecular flexibility index (Phi) is 3.46. The molecule has 1 N–H and O–H groups in total. The first kappa shape index (κ1) is 11.0. The molecule has 0 aliphatic heterocycles. The zero-order valence-corrected chi connectivity index (χ0v) is 8.68. The van der Waals surface area contributed by atoms with E-state index < -0.39 is 12.2 Å². The minimum Gasteiger partial charge on any atom is -0.377 e. The van der Waals surface area contributed by atoms with E-state index in [1.807, 2.05) is 0 Å². The molecule has 0 unspecified atom stereocenters. The molecule has 0 radical (unpaired) electrons. The van der Waals surface area contributed by atoms with Crippen molar-refractivity contribution in [2.45, 2.75) is 13.0 Å². The second kappa shape index (κ2) is 4.41. The minimum atomic E-state index is -0.536. The van der Waals surface area contributed by atoms with Gasteiger partial charge in [0.1, 0.15) is 11.7 Å². The summed E-state index contributed by atoms with van der Waals surface area (Å²) in [5.41, 5.74) is -0.0392. The maximum absolute atomic E-state index is 12.2. The number of hydrogen-bond donors (Lipinski definition) is 1. The Morgan fingerprint density at radius 3 is 3.00 bits per heavy atom. The van der Waals surface area contributed by atoms with Crippen molar-refractivity contribution >= 4 is 17.3 Å². The van der Waals surface area contributed by atoms with E-state index in [4.69, 9.17) is 11.6 Å². The number of alkyl halides is 1. The highest BCUT2D eigenvalue weighted by atomic mass is 35.5. The van der Waals surface area contributed by atoms with Crippen LogP contribution >= 0.6 is 11.6 Å². The predicted molar refractivity (Wildman–Crippen MR) is 53.5 cm³/mol. The summed E-state index contributed by atoms with van der Waals surface area (Å²) in [6, 6.07) is -0.388. The molecule has 0 saturated heterocycles. The van der Waals surface area contributed by atoms with Gasteiger partial charge in [-0.2, -0.15) is 5.10 Å². The molecule has 0 aliphatic carbocycles. The van der Waals surface area contributed by atoms with Crippen molar-refractivity contribution in [2.24, 2.45) is 7.05 Å². The van der Waals surface area contributed by atoms with E-state index in [0.717, 1.165) is 4.68 Å².